The molecule has 0 aliphatic carbocycles. The second kappa shape index (κ2) is 8.60. The van der Waals surface area contributed by atoms with Crippen molar-refractivity contribution < 1.29 is 100 Å². The molecular weight excluding hydrogens is 387 g/mol. The Morgan fingerprint density at radius 1 is 1.00 bits per heavy atom. The van der Waals surface area contributed by atoms with Crippen molar-refractivity contribution in [3.8, 4) is 0 Å². The van der Waals surface area contributed by atoms with E-state index in [0.29, 0.717) is 0 Å². The average molecular weight is 389 g/mol. The number of hydrogen-bond acceptors (Lipinski definition) is 2. The van der Waals surface area contributed by atoms with E-state index in [2.05, 4.69) is 0 Å². The minimum Gasteiger partial charge on any atom is -0.473 e. The van der Waals surface area contributed by atoms with E-state index in [0.717, 1.165) is 0 Å². The van der Waals surface area contributed by atoms with Gasteiger partial charge >= 0.3 is 11.9 Å². The monoisotopic (exact) mass is 389 g/mol. The largest absolute Gasteiger partial charge is 0.473 e. The summed E-state index contributed by atoms with van der Waals surface area (Å²) < 4.78 is 0. The fourth-order valence-corrected chi connectivity index (χ4v) is 0. The average Bonchev–Trinajstić information content (AvgIpc) is 1.36. The number of aliphatic carboxylic acids is 2. The first-order valence-electron chi connectivity index (χ1n) is 1.11. The van der Waals surface area contributed by atoms with Gasteiger partial charge in [0.2, 0.25) is 0 Å². The molecule has 0 aliphatic heterocycles. The van der Waals surface area contributed by atoms with E-state index >= 15 is 0 Å². The van der Waals surface area contributed by atoms with Gasteiger partial charge in [0.15, 0.2) is 0 Å². The van der Waals surface area contributed by atoms with Crippen molar-refractivity contribution in [3.63, 3.8) is 0 Å². The van der Waals surface area contributed by atoms with Crippen LogP contribution in [0.1, 0.15) is 0 Å². The molecular formula is C2H2CeO4Tb. The minimum absolute atomic E-state index is 0. The zero-order valence-electron chi connectivity index (χ0n) is 3.54. The van der Waals surface area contributed by atoms with Gasteiger partial charge in [-0.1, -0.05) is 0 Å². The van der Waals surface area contributed by atoms with Gasteiger partial charge < -0.3 is 10.2 Å². The summed E-state index contributed by atoms with van der Waals surface area (Å²) >= 11 is 0. The van der Waals surface area contributed by atoms with E-state index < -0.39 is 11.9 Å². The Bertz CT molecular complexity index is 80.0. The van der Waals surface area contributed by atoms with Crippen LogP contribution in [0.2, 0.25) is 0 Å². The van der Waals surface area contributed by atoms with E-state index in [4.69, 9.17) is 19.8 Å². The Morgan fingerprint density at radius 3 is 1.12 bits per heavy atom. The third kappa shape index (κ3) is 10.6. The quantitative estimate of drug-likeness (QED) is 0.530. The van der Waals surface area contributed by atoms with Gasteiger partial charge in [-0.25, -0.2) is 9.59 Å². The number of carboxylic acids is 2. The zero-order chi connectivity index (χ0) is 5.15. The molecule has 4 nitrogen and oxygen atoms in total. The maximum Gasteiger partial charge on any atom is 0.414 e. The molecule has 8 heavy (non-hydrogen) atoms. The van der Waals surface area contributed by atoms with Gasteiger partial charge in [-0.15, -0.1) is 0 Å². The van der Waals surface area contributed by atoms with Gasteiger partial charge in [0.05, 0.1) is 0 Å². The molecule has 0 amide bonds. The second-order valence-electron chi connectivity index (χ2n) is 0.610. The first-order chi connectivity index (χ1) is 2.64. The van der Waals surface area contributed by atoms with Crippen LogP contribution in [0.15, 0.2) is 0 Å². The molecule has 2 N–H and O–H groups in total. The second-order valence-corrected chi connectivity index (χ2v) is 0.610. The van der Waals surface area contributed by atoms with Gasteiger partial charge in [-0.2, -0.15) is 0 Å². The molecule has 0 saturated heterocycles. The van der Waals surface area contributed by atoms with Crippen LogP contribution in [-0.2, 0) is 9.59 Å². The molecule has 6 heteroatoms. The molecule has 47 valence electrons. The maximum absolute atomic E-state index is 9.10. The molecule has 0 saturated carbocycles. The molecule has 0 unspecified atom stereocenters. The van der Waals surface area contributed by atoms with E-state index in [-0.39, 0.29) is 80.4 Å². The van der Waals surface area contributed by atoms with Crippen molar-refractivity contribution in [2.24, 2.45) is 0 Å². The Labute approximate surface area is 110 Å². The van der Waals surface area contributed by atoms with Crippen molar-refractivity contribution in [3.05, 3.63) is 0 Å². The van der Waals surface area contributed by atoms with Crippen molar-refractivity contribution >= 4 is 11.9 Å². The van der Waals surface area contributed by atoms with Crippen LogP contribution in [0.5, 0.6) is 0 Å². The van der Waals surface area contributed by atoms with E-state index in [1.54, 1.807) is 0 Å². The van der Waals surface area contributed by atoms with Crippen LogP contribution in [0, 0.1) is 80.4 Å². The molecule has 0 aliphatic rings. The third-order valence-electron chi connectivity index (χ3n) is 0.183. The molecule has 0 atom stereocenters. The Hall–Kier alpha value is 1.60. The van der Waals surface area contributed by atoms with Crippen molar-refractivity contribution in [1.29, 1.82) is 0 Å². The van der Waals surface area contributed by atoms with Gasteiger partial charge in [-0.05, 0) is 0 Å². The summed E-state index contributed by atoms with van der Waals surface area (Å²) in [5.41, 5.74) is 0. The Balaban J connectivity index is -0.000000125. The maximum atomic E-state index is 9.10. The van der Waals surface area contributed by atoms with E-state index in [9.17, 15) is 0 Å². The normalized spacial score (nSPS) is 5.50. The summed E-state index contributed by atoms with van der Waals surface area (Å²) in [6.45, 7) is 0. The van der Waals surface area contributed by atoms with Crippen LogP contribution >= 0.6 is 0 Å². The fourth-order valence-electron chi connectivity index (χ4n) is 0. The summed E-state index contributed by atoms with van der Waals surface area (Å²) in [5, 5.41) is 14.8. The van der Waals surface area contributed by atoms with Crippen LogP contribution in [0.25, 0.3) is 0 Å². The Morgan fingerprint density at radius 2 is 1.12 bits per heavy atom. The molecule has 0 aromatic heterocycles. The summed E-state index contributed by atoms with van der Waals surface area (Å²) in [6, 6.07) is 0. The standard InChI is InChI=1S/C2H2O4.Ce.Tb/c3-1(4)2(5)6;;/h(H,3,4)(H,5,6);;. The molecule has 0 bridgehead atoms. The van der Waals surface area contributed by atoms with Crippen molar-refractivity contribution in [2.75, 3.05) is 0 Å². The first-order valence-corrected chi connectivity index (χ1v) is 1.11. The molecule has 0 spiro atoms. The number of rotatable bonds is 0. The smallest absolute Gasteiger partial charge is 0.414 e. The van der Waals surface area contributed by atoms with Gasteiger partial charge in [-0.3, -0.25) is 0 Å². The van der Waals surface area contributed by atoms with E-state index in [1.165, 1.54) is 0 Å². The fraction of sp³-hybridized carbons (Fsp3) is 0. The van der Waals surface area contributed by atoms with Crippen LogP contribution in [0.4, 0.5) is 0 Å². The molecule has 1 radical (unpaired) electrons. The van der Waals surface area contributed by atoms with Crippen LogP contribution in [-0.4, -0.2) is 22.2 Å². The van der Waals surface area contributed by atoms with E-state index in [1.807, 2.05) is 0 Å². The Kier molecular flexibility index (Phi) is 17.5. The first kappa shape index (κ1) is 16.3. The van der Waals surface area contributed by atoms with Gasteiger partial charge in [0.1, 0.15) is 0 Å². The van der Waals surface area contributed by atoms with Gasteiger partial charge in [0, 0.05) is 80.4 Å². The number of carboxylic acid groups (broad SMARTS) is 2. The predicted octanol–water partition coefficient (Wildman–Crippen LogP) is -0.844. The molecule has 0 aromatic carbocycles. The summed E-state index contributed by atoms with van der Waals surface area (Å²) in [6.07, 6.45) is 0. The van der Waals surface area contributed by atoms with Crippen molar-refractivity contribution in [2.45, 2.75) is 0 Å². The van der Waals surface area contributed by atoms with Gasteiger partial charge in [0.25, 0.3) is 0 Å². The number of carbonyl (C=O) groups is 2. The summed E-state index contributed by atoms with van der Waals surface area (Å²) in [7, 11) is 0. The van der Waals surface area contributed by atoms with Crippen LogP contribution < -0.4 is 0 Å². The molecule has 0 fully saturated rings. The molecule has 0 heterocycles. The minimum atomic E-state index is -1.82. The summed E-state index contributed by atoms with van der Waals surface area (Å²) in [4.78, 5) is 18.2. The molecule has 0 aromatic rings. The van der Waals surface area contributed by atoms with Crippen molar-refractivity contribution in [1.82, 2.24) is 0 Å². The zero-order valence-corrected chi connectivity index (χ0v) is 8.82. The van der Waals surface area contributed by atoms with Crippen LogP contribution in [0.3, 0.4) is 0 Å². The SMILES string of the molecule is O=C(O)C(=O)O.[Ce].[Tb]. The predicted molar refractivity (Wildman–Crippen MR) is 15.3 cm³/mol. The third-order valence-corrected chi connectivity index (χ3v) is 0.183. The summed E-state index contributed by atoms with van der Waals surface area (Å²) in [5.74, 6) is -3.65. The molecule has 0 rings (SSSR count). The number of hydrogen-bond donors (Lipinski definition) is 2. The topological polar surface area (TPSA) is 74.6 Å².